The van der Waals surface area contributed by atoms with E-state index in [1.54, 1.807) is 12.1 Å². The predicted octanol–water partition coefficient (Wildman–Crippen LogP) is 0.0355. The van der Waals surface area contributed by atoms with E-state index >= 15 is 0 Å². The number of benzene rings is 2. The van der Waals surface area contributed by atoms with Crippen LogP contribution < -0.4 is 24.2 Å². The van der Waals surface area contributed by atoms with E-state index in [9.17, 15) is 10.1 Å². The molecule has 0 N–H and O–H groups in total. The molecule has 4 nitrogen and oxygen atoms in total. The van der Waals surface area contributed by atoms with Gasteiger partial charge in [0.2, 0.25) is 0 Å². The minimum absolute atomic E-state index is 0.151. The second-order valence-electron chi connectivity index (χ2n) is 4.47. The Labute approximate surface area is 123 Å². The summed E-state index contributed by atoms with van der Waals surface area (Å²) in [5, 5.41) is 10.6. The van der Waals surface area contributed by atoms with Crippen LogP contribution in [0, 0.1) is 13.7 Å². The number of para-hydroxylation sites is 1. The van der Waals surface area contributed by atoms with Gasteiger partial charge in [0.1, 0.15) is 0 Å². The van der Waals surface area contributed by atoms with Gasteiger partial charge in [-0.15, -0.1) is 0 Å². The van der Waals surface area contributed by atoms with Crippen LogP contribution in [0.1, 0.15) is 0 Å². The molecule has 0 atom stereocenters. The molecule has 0 spiro atoms. The first-order chi connectivity index (χ1) is 8.99. The van der Waals surface area contributed by atoms with Gasteiger partial charge < -0.3 is 0 Å². The minimum atomic E-state index is -0.362. The number of non-ortho nitro benzene ring substituents is 1. The molecule has 0 heterocycles. The quantitative estimate of drug-likeness (QED) is 0.330. The molecule has 0 radical (unpaired) electrons. The van der Waals surface area contributed by atoms with Crippen LogP contribution in [0.15, 0.2) is 54.6 Å². The molecule has 100 valence electrons. The molecule has 0 fully saturated rings. The molecular weight excluding hydrogens is 355 g/mol. The number of nitro benzene ring substituents is 1. The Morgan fingerprint density at radius 3 is 2.11 bits per heavy atom. The zero-order valence-electron chi connectivity index (χ0n) is 10.8. The fourth-order valence-electron chi connectivity index (χ4n) is 1.69. The monoisotopic (exact) mass is 370 g/mol. The molecule has 0 aliphatic rings. The SMILES string of the molecule is C[N+](C)([I-]c1ccc([N+](=O)[O-])cc1)c1ccccc1. The summed E-state index contributed by atoms with van der Waals surface area (Å²) in [5.41, 5.74) is 1.41. The van der Waals surface area contributed by atoms with Crippen LogP contribution in [-0.2, 0) is 0 Å². The zero-order chi connectivity index (χ0) is 13.9. The molecule has 2 aromatic carbocycles. The van der Waals surface area contributed by atoms with Gasteiger partial charge in [0, 0.05) is 0 Å². The van der Waals surface area contributed by atoms with E-state index in [2.05, 4.69) is 26.2 Å². The van der Waals surface area contributed by atoms with Crippen LogP contribution in [0.25, 0.3) is 0 Å². The molecule has 0 aliphatic heterocycles. The summed E-state index contributed by atoms with van der Waals surface area (Å²) in [6.07, 6.45) is 0. The van der Waals surface area contributed by atoms with Crippen molar-refractivity contribution in [2.24, 2.45) is 0 Å². The van der Waals surface area contributed by atoms with E-state index < -0.39 is 0 Å². The number of nitro groups is 1. The van der Waals surface area contributed by atoms with Gasteiger partial charge in [-0.3, -0.25) is 0 Å². The van der Waals surface area contributed by atoms with Crippen molar-refractivity contribution in [1.82, 2.24) is 2.70 Å². The van der Waals surface area contributed by atoms with E-state index in [0.29, 0.717) is 0 Å². The van der Waals surface area contributed by atoms with Crippen molar-refractivity contribution >= 4 is 11.4 Å². The number of rotatable bonds is 4. The molecule has 0 aromatic heterocycles. The number of halogens is 1. The van der Waals surface area contributed by atoms with E-state index in [4.69, 9.17) is 0 Å². The van der Waals surface area contributed by atoms with Crippen molar-refractivity contribution in [3.8, 4) is 0 Å². The molecule has 0 aliphatic carbocycles. The second kappa shape index (κ2) is 5.66. The molecule has 5 heteroatoms. The Morgan fingerprint density at radius 1 is 1.00 bits per heavy atom. The van der Waals surface area contributed by atoms with E-state index in [1.807, 2.05) is 30.3 Å². The van der Waals surface area contributed by atoms with Crippen molar-refractivity contribution < 1.29 is 26.4 Å². The van der Waals surface area contributed by atoms with Crippen LogP contribution in [0.2, 0.25) is 0 Å². The number of hydrogen-bond donors (Lipinski definition) is 0. The van der Waals surface area contributed by atoms with Gasteiger partial charge in [-0.1, -0.05) is 0 Å². The first kappa shape index (κ1) is 14.0. The summed E-state index contributed by atoms with van der Waals surface area (Å²) >= 11 is -0.316. The van der Waals surface area contributed by atoms with Gasteiger partial charge >= 0.3 is 123 Å². The number of quaternary nitrogens is 1. The van der Waals surface area contributed by atoms with Crippen molar-refractivity contribution in [2.75, 3.05) is 14.1 Å². The fraction of sp³-hybridized carbons (Fsp3) is 0.143. The molecule has 0 saturated carbocycles. The van der Waals surface area contributed by atoms with Gasteiger partial charge in [0.25, 0.3) is 0 Å². The number of nitrogens with zero attached hydrogens (tertiary/aromatic N) is 2. The number of hydrogen-bond acceptors (Lipinski definition) is 2. The van der Waals surface area contributed by atoms with Crippen LogP contribution in [-0.4, -0.2) is 19.0 Å². The fourth-order valence-corrected chi connectivity index (χ4v) is 4.37. The maximum absolute atomic E-state index is 10.6. The summed E-state index contributed by atoms with van der Waals surface area (Å²) in [6, 6.07) is 17.2. The molecular formula is C14H15IN2O2. The van der Waals surface area contributed by atoms with Crippen molar-refractivity contribution in [3.05, 3.63) is 68.3 Å². The van der Waals surface area contributed by atoms with E-state index in [0.717, 1.165) is 2.70 Å². The Kier molecular flexibility index (Phi) is 4.16. The molecule has 0 bridgehead atoms. The topological polar surface area (TPSA) is 43.1 Å². The normalized spacial score (nSPS) is 11.5. The summed E-state index contributed by atoms with van der Waals surface area (Å²) in [6.45, 7) is 0. The first-order valence-electron chi connectivity index (χ1n) is 5.80. The van der Waals surface area contributed by atoms with Gasteiger partial charge in [-0.05, 0) is 0 Å². The predicted molar refractivity (Wildman–Crippen MR) is 71.9 cm³/mol. The summed E-state index contributed by atoms with van der Waals surface area (Å²) in [4.78, 5) is 10.3. The van der Waals surface area contributed by atoms with Gasteiger partial charge in [0.05, 0.1) is 0 Å². The van der Waals surface area contributed by atoms with Crippen LogP contribution in [0.3, 0.4) is 0 Å². The van der Waals surface area contributed by atoms with Gasteiger partial charge in [0.15, 0.2) is 0 Å². The Morgan fingerprint density at radius 2 is 1.58 bits per heavy atom. The maximum atomic E-state index is 10.6. The Bertz CT molecular complexity index is 568. The Hall–Kier alpha value is -1.47. The second-order valence-corrected chi connectivity index (χ2v) is 8.61. The molecule has 0 amide bonds. The van der Waals surface area contributed by atoms with Crippen molar-refractivity contribution in [2.45, 2.75) is 0 Å². The van der Waals surface area contributed by atoms with Crippen molar-refractivity contribution in [3.63, 3.8) is 0 Å². The third kappa shape index (κ3) is 3.51. The van der Waals surface area contributed by atoms with Crippen molar-refractivity contribution in [1.29, 1.82) is 0 Å². The zero-order valence-corrected chi connectivity index (χ0v) is 12.9. The third-order valence-corrected chi connectivity index (χ3v) is 5.76. The van der Waals surface area contributed by atoms with E-state index in [-0.39, 0.29) is 32.1 Å². The molecule has 2 rings (SSSR count). The summed E-state index contributed by atoms with van der Waals surface area (Å²) in [5.74, 6) is 0. The summed E-state index contributed by atoms with van der Waals surface area (Å²) < 4.78 is 2.01. The first-order valence-corrected chi connectivity index (χ1v) is 7.84. The molecule has 2 aromatic rings. The summed E-state index contributed by atoms with van der Waals surface area (Å²) in [7, 11) is 4.34. The third-order valence-electron chi connectivity index (χ3n) is 2.72. The van der Waals surface area contributed by atoms with E-state index in [1.165, 1.54) is 9.26 Å². The molecule has 0 unspecified atom stereocenters. The molecule has 19 heavy (non-hydrogen) atoms. The molecule has 0 saturated heterocycles. The van der Waals surface area contributed by atoms with Crippen LogP contribution in [0.4, 0.5) is 11.4 Å². The standard InChI is InChI=1S/C14H15IN2O2/c1-17(2,14-6-4-3-5-7-14)15-12-8-10-13(11-9-12)16(18)19/h3-11H,1-2H3. The average Bonchev–Trinajstić information content (AvgIpc) is 2.40. The van der Waals surface area contributed by atoms with Crippen LogP contribution >= 0.6 is 0 Å². The van der Waals surface area contributed by atoms with Gasteiger partial charge in [-0.2, -0.15) is 0 Å². The van der Waals surface area contributed by atoms with Gasteiger partial charge in [-0.25, -0.2) is 0 Å². The van der Waals surface area contributed by atoms with Crippen LogP contribution in [0.5, 0.6) is 0 Å². The Balaban J connectivity index is 2.18. The average molecular weight is 370 g/mol.